The van der Waals surface area contributed by atoms with Crippen molar-refractivity contribution in [3.8, 4) is 0 Å². The molecule has 1 nitrogen and oxygen atoms in total. The zero-order valence-corrected chi connectivity index (χ0v) is 10.2. The van der Waals surface area contributed by atoms with E-state index in [1.165, 1.54) is 16.8 Å². The Balaban J connectivity index is 3.38. The van der Waals surface area contributed by atoms with Crippen molar-refractivity contribution in [1.82, 2.24) is 4.98 Å². The minimum absolute atomic E-state index is 0.192. The van der Waals surface area contributed by atoms with Gasteiger partial charge in [-0.25, -0.2) is 0 Å². The predicted molar refractivity (Wildman–Crippen MR) is 61.8 cm³/mol. The van der Waals surface area contributed by atoms with Gasteiger partial charge in [0, 0.05) is 11.9 Å². The average molecular weight is 191 g/mol. The molecule has 0 spiro atoms. The zero-order valence-electron chi connectivity index (χ0n) is 10.2. The van der Waals surface area contributed by atoms with Gasteiger partial charge in [-0.2, -0.15) is 0 Å². The van der Waals surface area contributed by atoms with Crippen molar-refractivity contribution in [3.63, 3.8) is 0 Å². The molecule has 0 amide bonds. The molecule has 1 aromatic heterocycles. The molecule has 0 aliphatic carbocycles. The minimum Gasteiger partial charge on any atom is -0.261 e. The van der Waals surface area contributed by atoms with Crippen LogP contribution < -0.4 is 0 Å². The number of hydrogen-bond acceptors (Lipinski definition) is 1. The fraction of sp³-hybridized carbons (Fsp3) is 0.615. The van der Waals surface area contributed by atoms with Crippen molar-refractivity contribution in [2.45, 2.75) is 52.9 Å². The molecular weight excluding hydrogens is 170 g/mol. The Morgan fingerprint density at radius 3 is 2.14 bits per heavy atom. The standard InChI is InChI=1S/C13H21N/c1-9(2)11-7-8-14-10(3)12(11)13(4,5)6/h7-9H,1-6H3. The summed E-state index contributed by atoms with van der Waals surface area (Å²) in [4.78, 5) is 4.39. The van der Waals surface area contributed by atoms with E-state index in [4.69, 9.17) is 0 Å². The second-order valence-electron chi connectivity index (χ2n) is 5.27. The fourth-order valence-corrected chi connectivity index (χ4v) is 2.04. The second kappa shape index (κ2) is 3.72. The Labute approximate surface area is 87.6 Å². The van der Waals surface area contributed by atoms with Crippen molar-refractivity contribution in [2.75, 3.05) is 0 Å². The van der Waals surface area contributed by atoms with E-state index in [0.29, 0.717) is 5.92 Å². The van der Waals surface area contributed by atoms with Crippen LogP contribution in [0.4, 0.5) is 0 Å². The van der Waals surface area contributed by atoms with E-state index in [0.717, 1.165) is 0 Å². The summed E-state index contributed by atoms with van der Waals surface area (Å²) in [5, 5.41) is 0. The second-order valence-corrected chi connectivity index (χ2v) is 5.27. The number of rotatable bonds is 1. The molecule has 0 saturated heterocycles. The van der Waals surface area contributed by atoms with Gasteiger partial charge >= 0.3 is 0 Å². The Morgan fingerprint density at radius 1 is 1.21 bits per heavy atom. The summed E-state index contributed by atoms with van der Waals surface area (Å²) in [5.41, 5.74) is 4.21. The van der Waals surface area contributed by atoms with E-state index in [2.05, 4.69) is 52.6 Å². The maximum atomic E-state index is 4.39. The average Bonchev–Trinajstić information content (AvgIpc) is 2.01. The van der Waals surface area contributed by atoms with Gasteiger partial charge < -0.3 is 0 Å². The van der Waals surface area contributed by atoms with Crippen LogP contribution in [-0.2, 0) is 5.41 Å². The number of hydrogen-bond donors (Lipinski definition) is 0. The number of nitrogens with zero attached hydrogens (tertiary/aromatic N) is 1. The highest BCUT2D eigenvalue weighted by molar-refractivity contribution is 5.37. The van der Waals surface area contributed by atoms with Crippen LogP contribution in [0.15, 0.2) is 12.3 Å². The van der Waals surface area contributed by atoms with Crippen LogP contribution in [0, 0.1) is 6.92 Å². The summed E-state index contributed by atoms with van der Waals surface area (Å²) in [7, 11) is 0. The lowest BCUT2D eigenvalue weighted by Gasteiger charge is -2.26. The number of pyridine rings is 1. The maximum Gasteiger partial charge on any atom is 0.0412 e. The van der Waals surface area contributed by atoms with E-state index in [-0.39, 0.29) is 5.41 Å². The van der Waals surface area contributed by atoms with E-state index in [1.807, 2.05) is 6.20 Å². The first kappa shape index (κ1) is 11.2. The molecule has 0 aliphatic rings. The molecule has 0 unspecified atom stereocenters. The third kappa shape index (κ3) is 2.14. The molecule has 1 heteroatoms. The van der Waals surface area contributed by atoms with Gasteiger partial charge in [-0.3, -0.25) is 4.98 Å². The summed E-state index contributed by atoms with van der Waals surface area (Å²) >= 11 is 0. The van der Waals surface area contributed by atoms with Crippen LogP contribution in [0.3, 0.4) is 0 Å². The SMILES string of the molecule is Cc1nccc(C(C)C)c1C(C)(C)C. The molecule has 0 aliphatic heterocycles. The molecule has 1 heterocycles. The predicted octanol–water partition coefficient (Wildman–Crippen LogP) is 3.81. The van der Waals surface area contributed by atoms with Gasteiger partial charge in [0.15, 0.2) is 0 Å². The summed E-state index contributed by atoms with van der Waals surface area (Å²) < 4.78 is 0. The molecule has 0 bridgehead atoms. The molecule has 0 N–H and O–H groups in total. The highest BCUT2D eigenvalue weighted by Gasteiger charge is 2.21. The van der Waals surface area contributed by atoms with Gasteiger partial charge in [-0.15, -0.1) is 0 Å². The highest BCUT2D eigenvalue weighted by atomic mass is 14.7. The fourth-order valence-electron chi connectivity index (χ4n) is 2.04. The van der Waals surface area contributed by atoms with Gasteiger partial charge in [0.2, 0.25) is 0 Å². The largest absolute Gasteiger partial charge is 0.261 e. The summed E-state index contributed by atoms with van der Waals surface area (Å²) in [6, 6.07) is 2.15. The van der Waals surface area contributed by atoms with Crippen LogP contribution in [0.1, 0.15) is 57.4 Å². The first-order valence-electron chi connectivity index (χ1n) is 5.30. The van der Waals surface area contributed by atoms with Crippen molar-refractivity contribution < 1.29 is 0 Å². The third-order valence-electron chi connectivity index (χ3n) is 2.54. The number of aromatic nitrogens is 1. The van der Waals surface area contributed by atoms with E-state index >= 15 is 0 Å². The molecule has 0 radical (unpaired) electrons. The van der Waals surface area contributed by atoms with E-state index < -0.39 is 0 Å². The number of aryl methyl sites for hydroxylation is 1. The normalized spacial score (nSPS) is 12.2. The monoisotopic (exact) mass is 191 g/mol. The maximum absolute atomic E-state index is 4.39. The molecule has 78 valence electrons. The molecule has 0 fully saturated rings. The highest BCUT2D eigenvalue weighted by Crippen LogP contribution is 2.31. The van der Waals surface area contributed by atoms with Crippen LogP contribution >= 0.6 is 0 Å². The van der Waals surface area contributed by atoms with Gasteiger partial charge in [-0.1, -0.05) is 34.6 Å². The van der Waals surface area contributed by atoms with Crippen molar-refractivity contribution in [3.05, 3.63) is 29.1 Å². The molecule has 14 heavy (non-hydrogen) atoms. The quantitative estimate of drug-likeness (QED) is 0.657. The lowest BCUT2D eigenvalue weighted by atomic mass is 9.80. The van der Waals surface area contributed by atoms with Crippen molar-refractivity contribution in [2.24, 2.45) is 0 Å². The Kier molecular flexibility index (Phi) is 2.98. The lowest BCUT2D eigenvalue weighted by molar-refractivity contribution is 0.568. The summed E-state index contributed by atoms with van der Waals surface area (Å²) in [5.74, 6) is 0.575. The summed E-state index contributed by atoms with van der Waals surface area (Å²) in [6.45, 7) is 13.3. The van der Waals surface area contributed by atoms with Crippen LogP contribution in [0.25, 0.3) is 0 Å². The lowest BCUT2D eigenvalue weighted by Crippen LogP contribution is -2.17. The van der Waals surface area contributed by atoms with E-state index in [1.54, 1.807) is 0 Å². The molecule has 1 rings (SSSR count). The Hall–Kier alpha value is -0.850. The van der Waals surface area contributed by atoms with Gasteiger partial charge in [0.1, 0.15) is 0 Å². The summed E-state index contributed by atoms with van der Waals surface area (Å²) in [6.07, 6.45) is 1.92. The van der Waals surface area contributed by atoms with Gasteiger partial charge in [-0.05, 0) is 35.4 Å². The molecular formula is C13H21N. The Bertz CT molecular complexity index is 318. The van der Waals surface area contributed by atoms with Gasteiger partial charge in [0.05, 0.1) is 0 Å². The topological polar surface area (TPSA) is 12.9 Å². The van der Waals surface area contributed by atoms with E-state index in [9.17, 15) is 0 Å². The van der Waals surface area contributed by atoms with Crippen LogP contribution in [0.2, 0.25) is 0 Å². The zero-order chi connectivity index (χ0) is 10.9. The minimum atomic E-state index is 0.192. The van der Waals surface area contributed by atoms with Crippen molar-refractivity contribution >= 4 is 0 Å². The van der Waals surface area contributed by atoms with Crippen molar-refractivity contribution in [1.29, 1.82) is 0 Å². The first-order valence-corrected chi connectivity index (χ1v) is 5.30. The molecule has 1 aromatic rings. The van der Waals surface area contributed by atoms with Gasteiger partial charge in [0.25, 0.3) is 0 Å². The smallest absolute Gasteiger partial charge is 0.0412 e. The third-order valence-corrected chi connectivity index (χ3v) is 2.54. The first-order chi connectivity index (χ1) is 6.34. The molecule has 0 aromatic carbocycles. The van der Waals surface area contributed by atoms with Crippen LogP contribution in [0.5, 0.6) is 0 Å². The molecule has 0 atom stereocenters. The van der Waals surface area contributed by atoms with Crippen LogP contribution in [-0.4, -0.2) is 4.98 Å². The Morgan fingerprint density at radius 2 is 1.79 bits per heavy atom. The molecule has 0 saturated carbocycles.